The molecule has 0 fully saturated rings. The Bertz CT molecular complexity index is 377. The van der Waals surface area contributed by atoms with Crippen molar-refractivity contribution in [3.8, 4) is 0 Å². The van der Waals surface area contributed by atoms with Crippen molar-refractivity contribution < 1.29 is 4.79 Å². The molecule has 0 N–H and O–H groups in total. The third-order valence-electron chi connectivity index (χ3n) is 3.01. The van der Waals surface area contributed by atoms with Gasteiger partial charge in [-0.1, -0.05) is 26.0 Å². The van der Waals surface area contributed by atoms with E-state index in [-0.39, 0.29) is 0 Å². The van der Waals surface area contributed by atoms with Crippen molar-refractivity contribution in [1.82, 2.24) is 0 Å². The van der Waals surface area contributed by atoms with E-state index in [2.05, 4.69) is 26.0 Å². The van der Waals surface area contributed by atoms with E-state index in [1.807, 2.05) is 6.07 Å². The van der Waals surface area contributed by atoms with E-state index in [9.17, 15) is 4.79 Å². The number of ketones is 1. The minimum Gasteiger partial charge on any atom is -0.294 e. The number of fused-ring (bicyclic) bond motifs is 1. The fourth-order valence-electron chi connectivity index (χ4n) is 2.23. The molecule has 0 heterocycles. The van der Waals surface area contributed by atoms with E-state index in [0.717, 1.165) is 12.0 Å². The number of hydrogen-bond donors (Lipinski definition) is 0. The zero-order valence-electron chi connectivity index (χ0n) is 9.55. The Labute approximate surface area is 91.5 Å². The van der Waals surface area contributed by atoms with Crippen LogP contribution in [0.3, 0.4) is 0 Å². The summed E-state index contributed by atoms with van der Waals surface area (Å²) in [6, 6.07) is 6.23. The van der Waals surface area contributed by atoms with Crippen LogP contribution in [0.5, 0.6) is 0 Å². The number of carbonyl (C=O) groups excluding carboxylic acids is 1. The molecule has 1 nitrogen and oxygen atoms in total. The zero-order valence-corrected chi connectivity index (χ0v) is 9.55. The largest absolute Gasteiger partial charge is 0.294 e. The monoisotopic (exact) mass is 202 g/mol. The minimum atomic E-state index is 0.291. The van der Waals surface area contributed by atoms with E-state index in [1.54, 1.807) is 0 Å². The van der Waals surface area contributed by atoms with Crippen molar-refractivity contribution in [3.05, 3.63) is 34.9 Å². The van der Waals surface area contributed by atoms with E-state index in [1.165, 1.54) is 24.0 Å². The number of rotatable bonds is 3. The molecule has 0 amide bonds. The minimum absolute atomic E-state index is 0.291. The van der Waals surface area contributed by atoms with Gasteiger partial charge in [0.05, 0.1) is 0 Å². The molecular formula is C14H18O. The Balaban J connectivity index is 2.19. The molecule has 1 aliphatic carbocycles. The maximum atomic E-state index is 11.9. The summed E-state index contributed by atoms with van der Waals surface area (Å²) in [5.41, 5.74) is 3.74. The maximum Gasteiger partial charge on any atom is 0.163 e. The second kappa shape index (κ2) is 4.18. The summed E-state index contributed by atoms with van der Waals surface area (Å²) in [5, 5.41) is 0. The molecule has 1 aromatic rings. The number of benzene rings is 1. The van der Waals surface area contributed by atoms with Gasteiger partial charge >= 0.3 is 0 Å². The maximum absolute atomic E-state index is 11.9. The van der Waals surface area contributed by atoms with Crippen LogP contribution in [0.1, 0.15) is 48.2 Å². The first-order chi connectivity index (χ1) is 7.16. The fraction of sp³-hybridized carbons (Fsp3) is 0.500. The van der Waals surface area contributed by atoms with Gasteiger partial charge in [0.2, 0.25) is 0 Å². The average Bonchev–Trinajstić information content (AvgIpc) is 2.62. The molecule has 0 bridgehead atoms. The topological polar surface area (TPSA) is 17.1 Å². The summed E-state index contributed by atoms with van der Waals surface area (Å²) in [4.78, 5) is 11.9. The molecule has 0 spiro atoms. The first-order valence-corrected chi connectivity index (χ1v) is 5.82. The van der Waals surface area contributed by atoms with Gasteiger partial charge in [-0.25, -0.2) is 0 Å². The van der Waals surface area contributed by atoms with E-state index >= 15 is 0 Å². The highest BCUT2D eigenvalue weighted by molar-refractivity contribution is 5.96. The van der Waals surface area contributed by atoms with Crippen LogP contribution < -0.4 is 0 Å². The first-order valence-electron chi connectivity index (χ1n) is 5.82. The lowest BCUT2D eigenvalue weighted by Crippen LogP contribution is -2.04. The van der Waals surface area contributed by atoms with Gasteiger partial charge in [-0.3, -0.25) is 4.79 Å². The molecule has 0 saturated carbocycles. The summed E-state index contributed by atoms with van der Waals surface area (Å²) in [6.07, 6.45) is 4.25. The highest BCUT2D eigenvalue weighted by Gasteiger charge is 2.14. The molecule has 0 aromatic heterocycles. The molecule has 80 valence electrons. The van der Waals surface area contributed by atoms with Gasteiger partial charge in [0.1, 0.15) is 0 Å². The Kier molecular flexibility index (Phi) is 2.90. The molecule has 2 rings (SSSR count). The van der Waals surface area contributed by atoms with Gasteiger partial charge in [0.25, 0.3) is 0 Å². The third-order valence-corrected chi connectivity index (χ3v) is 3.01. The SMILES string of the molecule is CC(C)CC(=O)c1ccc2c(c1)CCC2. The molecule has 0 atom stereocenters. The lowest BCUT2D eigenvalue weighted by Gasteiger charge is -2.06. The van der Waals surface area contributed by atoms with Crippen LogP contribution in [0.25, 0.3) is 0 Å². The quantitative estimate of drug-likeness (QED) is 0.686. The standard InChI is InChI=1S/C14H18O/c1-10(2)8-14(15)13-7-6-11-4-3-5-12(11)9-13/h6-7,9-10H,3-5,8H2,1-2H3. The third kappa shape index (κ3) is 2.28. The van der Waals surface area contributed by atoms with Crippen molar-refractivity contribution in [2.45, 2.75) is 39.5 Å². The molecule has 0 radical (unpaired) electrons. The van der Waals surface area contributed by atoms with Crippen LogP contribution in [0.2, 0.25) is 0 Å². The molecule has 1 aliphatic rings. The molecular weight excluding hydrogens is 184 g/mol. The summed E-state index contributed by atoms with van der Waals surface area (Å²) >= 11 is 0. The smallest absolute Gasteiger partial charge is 0.163 e. The van der Waals surface area contributed by atoms with Crippen LogP contribution >= 0.6 is 0 Å². The van der Waals surface area contributed by atoms with Crippen molar-refractivity contribution in [2.75, 3.05) is 0 Å². The van der Waals surface area contributed by atoms with E-state index in [4.69, 9.17) is 0 Å². The van der Waals surface area contributed by atoms with Crippen LogP contribution in [-0.2, 0) is 12.8 Å². The van der Waals surface area contributed by atoms with Gasteiger partial charge in [-0.2, -0.15) is 0 Å². The molecule has 0 unspecified atom stereocenters. The molecule has 0 aliphatic heterocycles. The van der Waals surface area contributed by atoms with Crippen molar-refractivity contribution in [1.29, 1.82) is 0 Å². The lowest BCUT2D eigenvalue weighted by atomic mass is 9.98. The van der Waals surface area contributed by atoms with Gasteiger partial charge < -0.3 is 0 Å². The van der Waals surface area contributed by atoms with Crippen molar-refractivity contribution in [2.24, 2.45) is 5.92 Å². The second-order valence-corrected chi connectivity index (χ2v) is 4.86. The van der Waals surface area contributed by atoms with E-state index < -0.39 is 0 Å². The molecule has 15 heavy (non-hydrogen) atoms. The molecule has 1 aromatic carbocycles. The first kappa shape index (κ1) is 10.4. The van der Waals surface area contributed by atoms with Crippen molar-refractivity contribution >= 4 is 5.78 Å². The predicted octanol–water partition coefficient (Wildman–Crippen LogP) is 3.40. The summed E-state index contributed by atoms with van der Waals surface area (Å²) in [6.45, 7) is 4.18. The number of aryl methyl sites for hydroxylation is 2. The van der Waals surface area contributed by atoms with Crippen LogP contribution in [0.4, 0.5) is 0 Å². The van der Waals surface area contributed by atoms with Gasteiger partial charge in [-0.15, -0.1) is 0 Å². The molecule has 0 saturated heterocycles. The van der Waals surface area contributed by atoms with Crippen LogP contribution in [0.15, 0.2) is 18.2 Å². The highest BCUT2D eigenvalue weighted by Crippen LogP contribution is 2.23. The summed E-state index contributed by atoms with van der Waals surface area (Å²) in [5.74, 6) is 0.741. The Morgan fingerprint density at radius 2 is 2.00 bits per heavy atom. The normalized spacial score (nSPS) is 14.3. The zero-order chi connectivity index (χ0) is 10.8. The summed E-state index contributed by atoms with van der Waals surface area (Å²) in [7, 11) is 0. The molecule has 1 heteroatoms. The number of carbonyl (C=O) groups is 1. The van der Waals surface area contributed by atoms with Crippen LogP contribution in [0, 0.1) is 5.92 Å². The van der Waals surface area contributed by atoms with Gasteiger partial charge in [0, 0.05) is 12.0 Å². The lowest BCUT2D eigenvalue weighted by molar-refractivity contribution is 0.0968. The fourth-order valence-corrected chi connectivity index (χ4v) is 2.23. The van der Waals surface area contributed by atoms with Gasteiger partial charge in [-0.05, 0) is 42.4 Å². The Hall–Kier alpha value is -1.11. The van der Waals surface area contributed by atoms with Gasteiger partial charge in [0.15, 0.2) is 5.78 Å². The number of Topliss-reactive ketones (excluding diaryl/α,β-unsaturated/α-hetero) is 1. The highest BCUT2D eigenvalue weighted by atomic mass is 16.1. The Morgan fingerprint density at radius 1 is 1.27 bits per heavy atom. The second-order valence-electron chi connectivity index (χ2n) is 4.86. The van der Waals surface area contributed by atoms with Crippen molar-refractivity contribution in [3.63, 3.8) is 0 Å². The number of hydrogen-bond acceptors (Lipinski definition) is 1. The average molecular weight is 202 g/mol. The Morgan fingerprint density at radius 3 is 2.73 bits per heavy atom. The predicted molar refractivity (Wildman–Crippen MR) is 62.3 cm³/mol. The summed E-state index contributed by atoms with van der Waals surface area (Å²) < 4.78 is 0. The van der Waals surface area contributed by atoms with E-state index in [0.29, 0.717) is 18.1 Å². The van der Waals surface area contributed by atoms with Crippen LogP contribution in [-0.4, -0.2) is 5.78 Å².